The quantitative estimate of drug-likeness (QED) is 0.761. The minimum absolute atomic E-state index is 0.0358. The molecule has 0 aliphatic carbocycles. The zero-order valence-electron chi connectivity index (χ0n) is 15.3. The first-order valence-electron chi connectivity index (χ1n) is 9.19. The van der Waals surface area contributed by atoms with Crippen molar-refractivity contribution in [3.8, 4) is 0 Å². The van der Waals surface area contributed by atoms with Gasteiger partial charge in [-0.2, -0.15) is 0 Å². The molecule has 28 heavy (non-hydrogen) atoms. The fourth-order valence-corrected chi connectivity index (χ4v) is 5.49. The standard InChI is InChI=1S/C21H18ClN3O2S/c1-13-23-18(12-28-13)20(27)25-11-10-24-19(26)16-4-2-3-5-17(16)21(24,25)14-6-8-15(22)9-7-14/h2-9,18H,10-12H2,1H3. The molecule has 142 valence electrons. The van der Waals surface area contributed by atoms with Crippen LogP contribution in [0.5, 0.6) is 0 Å². The van der Waals surface area contributed by atoms with Crippen LogP contribution in [0.2, 0.25) is 5.02 Å². The Hall–Kier alpha value is -2.31. The van der Waals surface area contributed by atoms with E-state index in [1.165, 1.54) is 0 Å². The molecule has 0 aromatic heterocycles. The number of aliphatic imine (C=N–C) groups is 1. The van der Waals surface area contributed by atoms with Crippen LogP contribution in [0.1, 0.15) is 28.4 Å². The SMILES string of the molecule is CC1=NC(C(=O)N2CCN3C(=O)c4ccccc4C32c2ccc(Cl)cc2)CS1. The zero-order chi connectivity index (χ0) is 19.5. The Bertz CT molecular complexity index is 1020. The highest BCUT2D eigenvalue weighted by Gasteiger charge is 2.60. The number of rotatable bonds is 2. The first kappa shape index (κ1) is 17.8. The van der Waals surface area contributed by atoms with Crippen molar-refractivity contribution in [3.05, 3.63) is 70.2 Å². The Morgan fingerprint density at radius 2 is 1.93 bits per heavy atom. The van der Waals surface area contributed by atoms with Gasteiger partial charge in [-0.25, -0.2) is 0 Å². The number of nitrogens with zero attached hydrogens (tertiary/aromatic N) is 3. The Labute approximate surface area is 172 Å². The first-order chi connectivity index (χ1) is 13.5. The van der Waals surface area contributed by atoms with Crippen molar-refractivity contribution < 1.29 is 9.59 Å². The molecule has 2 aromatic carbocycles. The molecule has 0 radical (unpaired) electrons. The molecule has 3 heterocycles. The second-order valence-electron chi connectivity index (χ2n) is 7.15. The molecule has 2 aromatic rings. The number of fused-ring (bicyclic) bond motifs is 3. The van der Waals surface area contributed by atoms with Crippen LogP contribution in [0.4, 0.5) is 0 Å². The average Bonchev–Trinajstić information content (AvgIpc) is 3.37. The maximum atomic E-state index is 13.5. The van der Waals surface area contributed by atoms with E-state index in [0.717, 1.165) is 16.2 Å². The summed E-state index contributed by atoms with van der Waals surface area (Å²) in [7, 11) is 0. The third kappa shape index (κ3) is 2.31. The van der Waals surface area contributed by atoms with E-state index in [9.17, 15) is 9.59 Å². The van der Waals surface area contributed by atoms with Gasteiger partial charge in [0.15, 0.2) is 5.66 Å². The molecule has 1 fully saturated rings. The molecule has 2 atom stereocenters. The van der Waals surface area contributed by atoms with E-state index in [1.54, 1.807) is 11.8 Å². The van der Waals surface area contributed by atoms with Crippen molar-refractivity contribution >= 4 is 40.2 Å². The van der Waals surface area contributed by atoms with Gasteiger partial charge in [0, 0.05) is 40.6 Å². The van der Waals surface area contributed by atoms with Crippen LogP contribution in [-0.2, 0) is 10.5 Å². The predicted molar refractivity (Wildman–Crippen MR) is 111 cm³/mol. The summed E-state index contributed by atoms with van der Waals surface area (Å²) in [5.74, 6) is 0.570. The summed E-state index contributed by atoms with van der Waals surface area (Å²) < 4.78 is 0. The van der Waals surface area contributed by atoms with Gasteiger partial charge in [0.05, 0.1) is 5.04 Å². The fraction of sp³-hybridized carbons (Fsp3) is 0.286. The third-order valence-electron chi connectivity index (χ3n) is 5.69. The van der Waals surface area contributed by atoms with Crippen LogP contribution in [0, 0.1) is 0 Å². The lowest BCUT2D eigenvalue weighted by atomic mass is 9.89. The summed E-state index contributed by atoms with van der Waals surface area (Å²) in [5, 5.41) is 1.55. The lowest BCUT2D eigenvalue weighted by Gasteiger charge is -2.41. The number of hydrogen-bond acceptors (Lipinski definition) is 4. The summed E-state index contributed by atoms with van der Waals surface area (Å²) in [6.45, 7) is 2.90. The van der Waals surface area contributed by atoms with Crippen molar-refractivity contribution in [2.24, 2.45) is 4.99 Å². The molecule has 5 nitrogen and oxygen atoms in total. The Morgan fingerprint density at radius 3 is 2.64 bits per heavy atom. The maximum absolute atomic E-state index is 13.5. The molecule has 2 unspecified atom stereocenters. The minimum atomic E-state index is -0.938. The summed E-state index contributed by atoms with van der Waals surface area (Å²) in [6.07, 6.45) is 0. The summed E-state index contributed by atoms with van der Waals surface area (Å²) >= 11 is 7.73. The molecule has 0 N–H and O–H groups in total. The Morgan fingerprint density at radius 1 is 1.18 bits per heavy atom. The first-order valence-corrected chi connectivity index (χ1v) is 10.6. The second-order valence-corrected chi connectivity index (χ2v) is 8.80. The van der Waals surface area contributed by atoms with Crippen molar-refractivity contribution in [1.29, 1.82) is 0 Å². The summed E-state index contributed by atoms with van der Waals surface area (Å²) in [4.78, 5) is 34.9. The monoisotopic (exact) mass is 411 g/mol. The Kier molecular flexibility index (Phi) is 4.03. The third-order valence-corrected chi connectivity index (χ3v) is 6.95. The van der Waals surface area contributed by atoms with E-state index in [0.29, 0.717) is 29.4 Å². The smallest absolute Gasteiger partial charge is 0.256 e. The molecule has 0 bridgehead atoms. The van der Waals surface area contributed by atoms with E-state index in [1.807, 2.05) is 65.3 Å². The van der Waals surface area contributed by atoms with Gasteiger partial charge in [-0.1, -0.05) is 41.9 Å². The molecule has 3 aliphatic rings. The number of benzene rings is 2. The predicted octanol–water partition coefficient (Wildman–Crippen LogP) is 3.37. The molecule has 0 saturated carbocycles. The zero-order valence-corrected chi connectivity index (χ0v) is 16.8. The van der Waals surface area contributed by atoms with Crippen molar-refractivity contribution in [1.82, 2.24) is 9.80 Å². The van der Waals surface area contributed by atoms with Gasteiger partial charge in [0.2, 0.25) is 0 Å². The molecular weight excluding hydrogens is 394 g/mol. The van der Waals surface area contributed by atoms with Gasteiger partial charge >= 0.3 is 0 Å². The Balaban J connectivity index is 1.72. The van der Waals surface area contributed by atoms with Gasteiger partial charge in [-0.15, -0.1) is 11.8 Å². The number of carbonyl (C=O) groups is 2. The number of carbonyl (C=O) groups excluding carboxylic acids is 2. The number of thioether (sulfide) groups is 1. The maximum Gasteiger partial charge on any atom is 0.256 e. The largest absolute Gasteiger partial charge is 0.308 e. The van der Waals surface area contributed by atoms with Crippen LogP contribution in [-0.4, -0.2) is 51.5 Å². The van der Waals surface area contributed by atoms with Crippen LogP contribution < -0.4 is 0 Å². The van der Waals surface area contributed by atoms with Crippen molar-refractivity contribution in [3.63, 3.8) is 0 Å². The molecule has 0 spiro atoms. The van der Waals surface area contributed by atoms with E-state index < -0.39 is 11.7 Å². The molecular formula is C21H18ClN3O2S. The lowest BCUT2D eigenvalue weighted by Crippen LogP contribution is -2.54. The van der Waals surface area contributed by atoms with Crippen LogP contribution in [0.15, 0.2) is 53.5 Å². The van der Waals surface area contributed by atoms with Crippen LogP contribution >= 0.6 is 23.4 Å². The second kappa shape index (κ2) is 6.36. The molecule has 2 amide bonds. The number of hydrogen-bond donors (Lipinski definition) is 0. The highest BCUT2D eigenvalue weighted by atomic mass is 35.5. The van der Waals surface area contributed by atoms with Crippen molar-refractivity contribution in [2.45, 2.75) is 18.6 Å². The average molecular weight is 412 g/mol. The molecule has 1 saturated heterocycles. The fourth-order valence-electron chi connectivity index (χ4n) is 4.55. The van der Waals surface area contributed by atoms with Gasteiger partial charge in [-0.05, 0) is 25.1 Å². The van der Waals surface area contributed by atoms with E-state index in [2.05, 4.69) is 4.99 Å². The normalized spacial score (nSPS) is 25.7. The van der Waals surface area contributed by atoms with Gasteiger partial charge in [0.25, 0.3) is 11.8 Å². The van der Waals surface area contributed by atoms with Crippen molar-refractivity contribution in [2.75, 3.05) is 18.8 Å². The highest BCUT2D eigenvalue weighted by molar-refractivity contribution is 8.14. The van der Waals surface area contributed by atoms with Gasteiger partial charge in [0.1, 0.15) is 6.04 Å². The lowest BCUT2D eigenvalue weighted by molar-refractivity contribution is -0.137. The van der Waals surface area contributed by atoms with E-state index in [-0.39, 0.29) is 11.8 Å². The van der Waals surface area contributed by atoms with Gasteiger partial charge in [-0.3, -0.25) is 14.6 Å². The molecule has 7 heteroatoms. The number of amides is 2. The summed E-state index contributed by atoms with van der Waals surface area (Å²) in [5.41, 5.74) is 1.42. The van der Waals surface area contributed by atoms with E-state index >= 15 is 0 Å². The van der Waals surface area contributed by atoms with Crippen LogP contribution in [0.25, 0.3) is 0 Å². The van der Waals surface area contributed by atoms with E-state index in [4.69, 9.17) is 11.6 Å². The van der Waals surface area contributed by atoms with Crippen LogP contribution in [0.3, 0.4) is 0 Å². The highest BCUT2D eigenvalue weighted by Crippen LogP contribution is 2.50. The minimum Gasteiger partial charge on any atom is -0.308 e. The summed E-state index contributed by atoms with van der Waals surface area (Å²) in [6, 6.07) is 14.6. The molecule has 3 aliphatic heterocycles. The number of halogens is 1. The molecule has 5 rings (SSSR count). The van der Waals surface area contributed by atoms with Gasteiger partial charge < -0.3 is 9.80 Å². The topological polar surface area (TPSA) is 53.0 Å².